The van der Waals surface area contributed by atoms with Crippen LogP contribution in [-0.2, 0) is 26.2 Å². The van der Waals surface area contributed by atoms with Crippen LogP contribution < -0.4 is 0 Å². The summed E-state index contributed by atoms with van der Waals surface area (Å²) in [6.45, 7) is 2.17. The molecule has 0 spiro atoms. The summed E-state index contributed by atoms with van der Waals surface area (Å²) < 4.78 is 32.0. The molecular weight excluding hydrogens is 306 g/mol. The van der Waals surface area contributed by atoms with Gasteiger partial charge in [-0.25, -0.2) is 8.42 Å². The molecule has 1 aromatic rings. The fourth-order valence-corrected chi connectivity index (χ4v) is 4.49. The Labute approximate surface area is 130 Å². The van der Waals surface area contributed by atoms with E-state index in [0.29, 0.717) is 19.4 Å². The fraction of sp³-hybridized carbons (Fsp3) is 0.533. The number of carbonyl (C=O) groups is 1. The number of carboxylic acid groups (broad SMARTS) is 1. The average Bonchev–Trinajstić information content (AvgIpc) is 2.48. The molecule has 2 atom stereocenters. The monoisotopic (exact) mass is 327 g/mol. The smallest absolute Gasteiger partial charge is 0.307 e. The molecule has 122 valence electrons. The Morgan fingerprint density at radius 2 is 2.14 bits per heavy atom. The van der Waals surface area contributed by atoms with E-state index in [9.17, 15) is 13.2 Å². The number of piperidine rings is 1. The molecule has 1 N–H and O–H groups in total. The second kappa shape index (κ2) is 6.76. The second-order valence-electron chi connectivity index (χ2n) is 5.62. The second-order valence-corrected chi connectivity index (χ2v) is 7.51. The SMILES string of the molecule is COCc1cccc(S(=O)(=O)N2CC(C(=O)O)CCC2C)c1. The standard InChI is InChI=1S/C15H21NO5S/c1-11-6-7-13(15(17)18)9-16(11)22(19,20)14-5-3-4-12(8-14)10-21-2/h3-5,8,11,13H,6-7,9-10H2,1-2H3,(H,17,18). The highest BCUT2D eigenvalue weighted by molar-refractivity contribution is 7.89. The Kier molecular flexibility index (Phi) is 5.20. The largest absolute Gasteiger partial charge is 0.481 e. The summed E-state index contributed by atoms with van der Waals surface area (Å²) >= 11 is 0. The van der Waals surface area contributed by atoms with Gasteiger partial charge in [0.25, 0.3) is 0 Å². The third-order valence-electron chi connectivity index (χ3n) is 3.99. The van der Waals surface area contributed by atoms with Crippen molar-refractivity contribution in [3.05, 3.63) is 29.8 Å². The predicted molar refractivity (Wildman–Crippen MR) is 80.9 cm³/mol. The maximum absolute atomic E-state index is 12.8. The quantitative estimate of drug-likeness (QED) is 0.890. The van der Waals surface area contributed by atoms with Crippen molar-refractivity contribution in [3.8, 4) is 0 Å². The van der Waals surface area contributed by atoms with Crippen LogP contribution in [0.25, 0.3) is 0 Å². The Morgan fingerprint density at radius 3 is 2.77 bits per heavy atom. The molecule has 0 aromatic heterocycles. The van der Waals surface area contributed by atoms with Crippen molar-refractivity contribution in [2.45, 2.75) is 37.3 Å². The van der Waals surface area contributed by atoms with Crippen LogP contribution in [0, 0.1) is 5.92 Å². The zero-order valence-corrected chi connectivity index (χ0v) is 13.5. The number of rotatable bonds is 5. The zero-order chi connectivity index (χ0) is 16.3. The highest BCUT2D eigenvalue weighted by Gasteiger charge is 2.37. The molecular formula is C15H21NO5S. The van der Waals surface area contributed by atoms with E-state index in [2.05, 4.69) is 0 Å². The Bertz CT molecular complexity index is 643. The third kappa shape index (κ3) is 3.48. The van der Waals surface area contributed by atoms with Crippen molar-refractivity contribution in [2.24, 2.45) is 5.92 Å². The van der Waals surface area contributed by atoms with E-state index in [1.54, 1.807) is 25.3 Å². The lowest BCUT2D eigenvalue weighted by Crippen LogP contribution is -2.47. The van der Waals surface area contributed by atoms with Crippen LogP contribution in [0.3, 0.4) is 0 Å². The van der Waals surface area contributed by atoms with Gasteiger partial charge in [-0.05, 0) is 37.5 Å². The normalized spacial score (nSPS) is 23.4. The van der Waals surface area contributed by atoms with Gasteiger partial charge < -0.3 is 9.84 Å². The molecule has 7 heteroatoms. The number of nitrogens with zero attached hydrogens (tertiary/aromatic N) is 1. The molecule has 2 rings (SSSR count). The molecule has 0 bridgehead atoms. The lowest BCUT2D eigenvalue weighted by Gasteiger charge is -2.35. The molecule has 22 heavy (non-hydrogen) atoms. The Morgan fingerprint density at radius 1 is 1.41 bits per heavy atom. The van der Waals surface area contributed by atoms with Crippen molar-refractivity contribution < 1.29 is 23.1 Å². The van der Waals surface area contributed by atoms with E-state index in [1.165, 1.54) is 10.4 Å². The summed E-state index contributed by atoms with van der Waals surface area (Å²) in [5.41, 5.74) is 0.767. The number of carboxylic acids is 1. The van der Waals surface area contributed by atoms with E-state index in [0.717, 1.165) is 5.56 Å². The third-order valence-corrected chi connectivity index (χ3v) is 5.97. The molecule has 0 aliphatic carbocycles. The first-order valence-corrected chi connectivity index (χ1v) is 8.62. The minimum Gasteiger partial charge on any atom is -0.481 e. The fourth-order valence-electron chi connectivity index (χ4n) is 2.71. The van der Waals surface area contributed by atoms with Crippen LogP contribution in [-0.4, -0.2) is 43.5 Å². The molecule has 1 aliphatic heterocycles. The number of hydrogen-bond acceptors (Lipinski definition) is 4. The minimum absolute atomic E-state index is 0.0212. The van der Waals surface area contributed by atoms with E-state index in [-0.39, 0.29) is 17.5 Å². The lowest BCUT2D eigenvalue weighted by atomic mass is 9.96. The van der Waals surface area contributed by atoms with E-state index >= 15 is 0 Å². The summed E-state index contributed by atoms with van der Waals surface area (Å²) in [5, 5.41) is 9.15. The van der Waals surface area contributed by atoms with Crippen LogP contribution in [0.15, 0.2) is 29.2 Å². The molecule has 1 heterocycles. The Hall–Kier alpha value is -1.44. The van der Waals surface area contributed by atoms with Gasteiger partial charge in [-0.1, -0.05) is 12.1 Å². The number of benzene rings is 1. The van der Waals surface area contributed by atoms with Crippen LogP contribution in [0.4, 0.5) is 0 Å². The maximum atomic E-state index is 12.8. The number of sulfonamides is 1. The van der Waals surface area contributed by atoms with Gasteiger partial charge in [0.05, 0.1) is 17.4 Å². The van der Waals surface area contributed by atoms with Gasteiger partial charge in [0, 0.05) is 19.7 Å². The summed E-state index contributed by atoms with van der Waals surface area (Å²) in [4.78, 5) is 11.4. The Balaban J connectivity index is 2.31. The molecule has 1 aromatic carbocycles. The highest BCUT2D eigenvalue weighted by atomic mass is 32.2. The van der Waals surface area contributed by atoms with E-state index in [1.807, 2.05) is 6.92 Å². The number of hydrogen-bond donors (Lipinski definition) is 1. The lowest BCUT2D eigenvalue weighted by molar-refractivity contribution is -0.143. The van der Waals surface area contributed by atoms with Crippen molar-refractivity contribution in [1.82, 2.24) is 4.31 Å². The summed E-state index contributed by atoms with van der Waals surface area (Å²) in [6, 6.07) is 6.38. The number of methoxy groups -OCH3 is 1. The van der Waals surface area contributed by atoms with E-state index in [4.69, 9.17) is 9.84 Å². The van der Waals surface area contributed by atoms with Crippen LogP contribution in [0.1, 0.15) is 25.3 Å². The van der Waals surface area contributed by atoms with Gasteiger partial charge in [-0.15, -0.1) is 0 Å². The maximum Gasteiger partial charge on any atom is 0.307 e. The van der Waals surface area contributed by atoms with Gasteiger partial charge in [-0.2, -0.15) is 4.31 Å². The summed E-state index contributed by atoms with van der Waals surface area (Å²) in [6.07, 6.45) is 1.06. The van der Waals surface area contributed by atoms with Crippen molar-refractivity contribution in [2.75, 3.05) is 13.7 Å². The molecule has 1 fully saturated rings. The van der Waals surface area contributed by atoms with Gasteiger partial charge in [-0.3, -0.25) is 4.79 Å². The number of ether oxygens (including phenoxy) is 1. The van der Waals surface area contributed by atoms with Gasteiger partial charge >= 0.3 is 5.97 Å². The first-order chi connectivity index (χ1) is 10.4. The van der Waals surface area contributed by atoms with Crippen molar-refractivity contribution in [3.63, 3.8) is 0 Å². The predicted octanol–water partition coefficient (Wildman–Crippen LogP) is 1.71. The molecule has 1 aliphatic rings. The van der Waals surface area contributed by atoms with Gasteiger partial charge in [0.2, 0.25) is 10.0 Å². The summed E-state index contributed by atoms with van der Waals surface area (Å²) in [7, 11) is -2.16. The highest BCUT2D eigenvalue weighted by Crippen LogP contribution is 2.28. The molecule has 1 saturated heterocycles. The topological polar surface area (TPSA) is 83.9 Å². The van der Waals surface area contributed by atoms with Gasteiger partial charge in [0.15, 0.2) is 0 Å². The molecule has 0 amide bonds. The van der Waals surface area contributed by atoms with Gasteiger partial charge in [0.1, 0.15) is 0 Å². The first-order valence-electron chi connectivity index (χ1n) is 7.18. The van der Waals surface area contributed by atoms with Crippen molar-refractivity contribution >= 4 is 16.0 Å². The van der Waals surface area contributed by atoms with Crippen LogP contribution in [0.2, 0.25) is 0 Å². The van der Waals surface area contributed by atoms with Crippen LogP contribution in [0.5, 0.6) is 0 Å². The van der Waals surface area contributed by atoms with Crippen LogP contribution >= 0.6 is 0 Å². The molecule has 0 radical (unpaired) electrons. The molecule has 2 unspecified atom stereocenters. The molecule has 6 nitrogen and oxygen atoms in total. The first kappa shape index (κ1) is 16.9. The summed E-state index contributed by atoms with van der Waals surface area (Å²) in [5.74, 6) is -1.59. The zero-order valence-electron chi connectivity index (χ0n) is 12.7. The average molecular weight is 327 g/mol. The number of aliphatic carboxylic acids is 1. The molecule has 0 saturated carbocycles. The van der Waals surface area contributed by atoms with Crippen molar-refractivity contribution in [1.29, 1.82) is 0 Å². The van der Waals surface area contributed by atoms with E-state index < -0.39 is 21.9 Å². The minimum atomic E-state index is -3.70.